The molecule has 4 heteroatoms. The van der Waals surface area contributed by atoms with Crippen LogP contribution in [0.4, 0.5) is 0 Å². The third-order valence-electron chi connectivity index (χ3n) is 3.57. The van der Waals surface area contributed by atoms with Crippen LogP contribution in [0, 0.1) is 5.41 Å². The lowest BCUT2D eigenvalue weighted by molar-refractivity contribution is -0.281. The maximum atomic E-state index is 6.26. The average Bonchev–Trinajstić information content (AvgIpc) is 3.04. The molecule has 0 spiro atoms. The molecule has 1 aliphatic rings. The SMILES string of the molecule is CC1(CBr)COC(c2ccccc2)(c2cccs2)OC1. The maximum Gasteiger partial charge on any atom is 0.231 e. The van der Waals surface area contributed by atoms with Crippen molar-refractivity contribution >= 4 is 27.3 Å². The largest absolute Gasteiger partial charge is 0.341 e. The first-order chi connectivity index (χ1) is 9.69. The number of halogens is 1. The third-order valence-corrected chi connectivity index (χ3v) is 5.88. The van der Waals surface area contributed by atoms with Gasteiger partial charge in [0.25, 0.3) is 0 Å². The molecule has 2 heterocycles. The van der Waals surface area contributed by atoms with Gasteiger partial charge in [-0.1, -0.05) is 59.3 Å². The van der Waals surface area contributed by atoms with Crippen LogP contribution in [0.5, 0.6) is 0 Å². The molecule has 0 unspecified atom stereocenters. The predicted molar refractivity (Wildman–Crippen MR) is 85.3 cm³/mol. The van der Waals surface area contributed by atoms with Gasteiger partial charge in [0, 0.05) is 16.3 Å². The van der Waals surface area contributed by atoms with Crippen LogP contribution in [-0.2, 0) is 15.3 Å². The van der Waals surface area contributed by atoms with Gasteiger partial charge in [-0.05, 0) is 11.4 Å². The van der Waals surface area contributed by atoms with Gasteiger partial charge in [0.15, 0.2) is 0 Å². The van der Waals surface area contributed by atoms with Crippen molar-refractivity contribution < 1.29 is 9.47 Å². The second-order valence-corrected chi connectivity index (χ2v) is 6.99. The minimum absolute atomic E-state index is 0.0234. The zero-order valence-electron chi connectivity index (χ0n) is 11.3. The van der Waals surface area contributed by atoms with E-state index in [1.54, 1.807) is 11.3 Å². The number of thiophene rings is 1. The smallest absolute Gasteiger partial charge is 0.231 e. The van der Waals surface area contributed by atoms with Crippen LogP contribution in [0.25, 0.3) is 0 Å². The molecule has 1 aliphatic heterocycles. The van der Waals surface area contributed by atoms with Crippen LogP contribution < -0.4 is 0 Å². The van der Waals surface area contributed by atoms with E-state index in [1.807, 2.05) is 24.3 Å². The van der Waals surface area contributed by atoms with Gasteiger partial charge in [0.2, 0.25) is 5.79 Å². The van der Waals surface area contributed by atoms with Crippen LogP contribution in [-0.4, -0.2) is 18.5 Å². The van der Waals surface area contributed by atoms with E-state index in [2.05, 4.69) is 46.4 Å². The molecule has 2 nitrogen and oxygen atoms in total. The van der Waals surface area contributed by atoms with E-state index in [-0.39, 0.29) is 5.41 Å². The Morgan fingerprint density at radius 2 is 1.80 bits per heavy atom. The van der Waals surface area contributed by atoms with Gasteiger partial charge in [-0.25, -0.2) is 0 Å². The molecule has 0 bridgehead atoms. The molecule has 1 fully saturated rings. The third kappa shape index (κ3) is 2.46. The van der Waals surface area contributed by atoms with Gasteiger partial charge >= 0.3 is 0 Å². The first kappa shape index (κ1) is 14.3. The van der Waals surface area contributed by atoms with Crippen molar-refractivity contribution in [3.63, 3.8) is 0 Å². The Kier molecular flexibility index (Phi) is 4.00. The zero-order chi connectivity index (χ0) is 14.1. The predicted octanol–water partition coefficient (Wildman–Crippen LogP) is 4.40. The summed E-state index contributed by atoms with van der Waals surface area (Å²) in [5.74, 6) is -0.753. The molecule has 3 rings (SSSR count). The van der Waals surface area contributed by atoms with E-state index >= 15 is 0 Å². The number of benzene rings is 1. The van der Waals surface area contributed by atoms with Crippen molar-refractivity contribution in [2.75, 3.05) is 18.5 Å². The van der Waals surface area contributed by atoms with E-state index in [4.69, 9.17) is 9.47 Å². The zero-order valence-corrected chi connectivity index (χ0v) is 13.7. The van der Waals surface area contributed by atoms with Crippen molar-refractivity contribution in [1.29, 1.82) is 0 Å². The Morgan fingerprint density at radius 3 is 2.35 bits per heavy atom. The van der Waals surface area contributed by atoms with Crippen molar-refractivity contribution in [2.24, 2.45) is 5.41 Å². The molecule has 0 saturated carbocycles. The normalized spacial score (nSPS) is 30.3. The van der Waals surface area contributed by atoms with Gasteiger partial charge in [-0.15, -0.1) is 11.3 Å². The van der Waals surface area contributed by atoms with E-state index in [0.29, 0.717) is 13.2 Å². The van der Waals surface area contributed by atoms with Gasteiger partial charge in [-0.2, -0.15) is 0 Å². The Labute approximate surface area is 131 Å². The van der Waals surface area contributed by atoms with Gasteiger partial charge < -0.3 is 9.47 Å². The second-order valence-electron chi connectivity index (χ2n) is 5.48. The van der Waals surface area contributed by atoms with Gasteiger partial charge in [-0.3, -0.25) is 0 Å². The van der Waals surface area contributed by atoms with Crippen molar-refractivity contribution in [3.05, 3.63) is 58.3 Å². The average molecular weight is 353 g/mol. The molecule has 0 aliphatic carbocycles. The first-order valence-corrected chi connectivity index (χ1v) is 8.62. The molecule has 0 radical (unpaired) electrons. The van der Waals surface area contributed by atoms with Crippen LogP contribution in [0.15, 0.2) is 47.8 Å². The van der Waals surface area contributed by atoms with Crippen LogP contribution in [0.1, 0.15) is 17.4 Å². The summed E-state index contributed by atoms with van der Waals surface area (Å²) in [5, 5.41) is 2.93. The fraction of sp³-hybridized carbons (Fsp3) is 0.375. The van der Waals surface area contributed by atoms with Crippen molar-refractivity contribution in [2.45, 2.75) is 12.7 Å². The topological polar surface area (TPSA) is 18.5 Å². The van der Waals surface area contributed by atoms with Crippen molar-refractivity contribution in [1.82, 2.24) is 0 Å². The molecular formula is C16H17BrO2S. The van der Waals surface area contributed by atoms with Gasteiger partial charge in [0.1, 0.15) is 0 Å². The molecule has 1 aromatic carbocycles. The fourth-order valence-electron chi connectivity index (χ4n) is 2.29. The summed E-state index contributed by atoms with van der Waals surface area (Å²) >= 11 is 5.22. The fourth-order valence-corrected chi connectivity index (χ4v) is 3.46. The lowest BCUT2D eigenvalue weighted by Crippen LogP contribution is -2.47. The highest BCUT2D eigenvalue weighted by Gasteiger charge is 2.45. The maximum absolute atomic E-state index is 6.26. The number of alkyl halides is 1. The number of hydrogen-bond acceptors (Lipinski definition) is 3. The Bertz CT molecular complexity index is 545. The Morgan fingerprint density at radius 1 is 1.10 bits per heavy atom. The summed E-state index contributed by atoms with van der Waals surface area (Å²) in [4.78, 5) is 1.10. The summed E-state index contributed by atoms with van der Waals surface area (Å²) in [6, 6.07) is 14.3. The molecular weight excluding hydrogens is 336 g/mol. The Balaban J connectivity index is 1.99. The highest BCUT2D eigenvalue weighted by molar-refractivity contribution is 9.09. The van der Waals surface area contributed by atoms with E-state index in [0.717, 1.165) is 15.8 Å². The van der Waals surface area contributed by atoms with E-state index < -0.39 is 5.79 Å². The van der Waals surface area contributed by atoms with E-state index in [9.17, 15) is 0 Å². The standard InChI is InChI=1S/C16H17BrO2S/c1-15(10-17)11-18-16(19-12-15,14-8-5-9-20-14)13-6-3-2-4-7-13/h2-9H,10-12H2,1H3. The summed E-state index contributed by atoms with van der Waals surface area (Å²) in [7, 11) is 0. The van der Waals surface area contributed by atoms with Crippen LogP contribution in [0.2, 0.25) is 0 Å². The minimum Gasteiger partial charge on any atom is -0.341 e. The summed E-state index contributed by atoms with van der Waals surface area (Å²) in [6.45, 7) is 3.52. The number of rotatable bonds is 3. The van der Waals surface area contributed by atoms with Crippen LogP contribution >= 0.6 is 27.3 Å². The number of ether oxygens (including phenoxy) is 2. The molecule has 0 atom stereocenters. The quantitative estimate of drug-likeness (QED) is 0.762. The van der Waals surface area contributed by atoms with Crippen molar-refractivity contribution in [3.8, 4) is 0 Å². The van der Waals surface area contributed by atoms with Crippen LogP contribution in [0.3, 0.4) is 0 Å². The minimum atomic E-state index is -0.753. The molecule has 2 aromatic rings. The Hall–Kier alpha value is -0.680. The summed E-state index contributed by atoms with van der Waals surface area (Å²) < 4.78 is 12.5. The summed E-state index contributed by atoms with van der Waals surface area (Å²) in [6.07, 6.45) is 0. The highest BCUT2D eigenvalue weighted by atomic mass is 79.9. The second kappa shape index (κ2) is 5.60. The van der Waals surface area contributed by atoms with E-state index in [1.165, 1.54) is 0 Å². The molecule has 0 N–H and O–H groups in total. The lowest BCUT2D eigenvalue weighted by Gasteiger charge is -2.44. The molecule has 1 saturated heterocycles. The molecule has 106 valence electrons. The highest BCUT2D eigenvalue weighted by Crippen LogP contribution is 2.43. The monoisotopic (exact) mass is 352 g/mol. The van der Waals surface area contributed by atoms with Gasteiger partial charge in [0.05, 0.1) is 18.1 Å². The molecule has 1 aromatic heterocycles. The summed E-state index contributed by atoms with van der Waals surface area (Å²) in [5.41, 5.74) is 1.08. The first-order valence-electron chi connectivity index (χ1n) is 6.62. The lowest BCUT2D eigenvalue weighted by atomic mass is 9.93. The number of hydrogen-bond donors (Lipinski definition) is 0. The molecule has 20 heavy (non-hydrogen) atoms. The molecule has 0 amide bonds.